The third-order valence-corrected chi connectivity index (χ3v) is 3.32. The van der Waals surface area contributed by atoms with Crippen LogP contribution in [0.25, 0.3) is 10.9 Å². The molecule has 2 heterocycles. The van der Waals surface area contributed by atoms with Gasteiger partial charge in [-0.1, -0.05) is 24.3 Å². The van der Waals surface area contributed by atoms with E-state index in [2.05, 4.69) is 15.6 Å². The van der Waals surface area contributed by atoms with Gasteiger partial charge in [-0.25, -0.2) is 0 Å². The van der Waals surface area contributed by atoms with E-state index in [-0.39, 0.29) is 24.2 Å². The third-order valence-electron chi connectivity index (χ3n) is 3.32. The van der Waals surface area contributed by atoms with Gasteiger partial charge in [-0.2, -0.15) is 0 Å². The standard InChI is InChI=1S/C14H15N3O.ClH/c18-14(12-7-15-8-12)17-9-11-4-1-3-10-5-2-6-16-13(10)11;/h1-6,12,15H,7-9H2,(H,17,18);1H. The second-order valence-corrected chi connectivity index (χ2v) is 4.57. The molecule has 1 aromatic heterocycles. The Morgan fingerprint density at radius 1 is 1.32 bits per heavy atom. The van der Waals surface area contributed by atoms with Crippen LogP contribution in [-0.2, 0) is 11.3 Å². The van der Waals surface area contributed by atoms with Crippen LogP contribution in [0.1, 0.15) is 5.56 Å². The lowest BCUT2D eigenvalue weighted by Gasteiger charge is -2.25. The summed E-state index contributed by atoms with van der Waals surface area (Å²) < 4.78 is 0. The molecule has 2 aromatic rings. The molecular weight excluding hydrogens is 262 g/mol. The first kappa shape index (κ1) is 13.8. The highest BCUT2D eigenvalue weighted by Crippen LogP contribution is 2.15. The number of para-hydroxylation sites is 1. The molecule has 1 aliphatic rings. The zero-order valence-corrected chi connectivity index (χ0v) is 11.2. The van der Waals surface area contributed by atoms with Crippen LogP contribution < -0.4 is 10.6 Å². The number of hydrogen-bond acceptors (Lipinski definition) is 3. The van der Waals surface area contributed by atoms with E-state index in [1.807, 2.05) is 30.3 Å². The monoisotopic (exact) mass is 277 g/mol. The number of nitrogens with zero attached hydrogens (tertiary/aromatic N) is 1. The number of aromatic nitrogens is 1. The lowest BCUT2D eigenvalue weighted by atomic mass is 10.0. The van der Waals surface area contributed by atoms with E-state index in [1.54, 1.807) is 6.20 Å². The van der Waals surface area contributed by atoms with Gasteiger partial charge < -0.3 is 10.6 Å². The maximum atomic E-state index is 11.8. The normalized spacial score (nSPS) is 14.5. The highest BCUT2D eigenvalue weighted by Gasteiger charge is 2.24. The van der Waals surface area contributed by atoms with Crippen LogP contribution in [0.2, 0.25) is 0 Å². The summed E-state index contributed by atoms with van der Waals surface area (Å²) >= 11 is 0. The Labute approximate surface area is 118 Å². The minimum Gasteiger partial charge on any atom is -0.352 e. The molecule has 0 unspecified atom stereocenters. The van der Waals surface area contributed by atoms with Gasteiger partial charge in [-0.05, 0) is 11.6 Å². The predicted molar refractivity (Wildman–Crippen MR) is 77.2 cm³/mol. The summed E-state index contributed by atoms with van der Waals surface area (Å²) in [7, 11) is 0. The van der Waals surface area contributed by atoms with Gasteiger partial charge in [0.05, 0.1) is 11.4 Å². The fraction of sp³-hybridized carbons (Fsp3) is 0.286. The Kier molecular flexibility index (Phi) is 4.35. The van der Waals surface area contributed by atoms with Crippen LogP contribution in [-0.4, -0.2) is 24.0 Å². The second kappa shape index (κ2) is 5.99. The first-order valence-electron chi connectivity index (χ1n) is 6.15. The summed E-state index contributed by atoms with van der Waals surface area (Å²) in [5.41, 5.74) is 2.03. The molecule has 0 atom stereocenters. The Balaban J connectivity index is 0.00000133. The molecule has 0 saturated carbocycles. The second-order valence-electron chi connectivity index (χ2n) is 4.57. The van der Waals surface area contributed by atoms with Gasteiger partial charge in [0.15, 0.2) is 0 Å². The Bertz CT molecular complexity index is 578. The van der Waals surface area contributed by atoms with Crippen molar-refractivity contribution in [3.63, 3.8) is 0 Å². The molecule has 5 heteroatoms. The number of rotatable bonds is 3. The number of amides is 1. The van der Waals surface area contributed by atoms with Crippen molar-refractivity contribution in [2.24, 2.45) is 5.92 Å². The summed E-state index contributed by atoms with van der Waals surface area (Å²) in [5.74, 6) is 0.259. The van der Waals surface area contributed by atoms with Crippen molar-refractivity contribution in [3.05, 3.63) is 42.1 Å². The van der Waals surface area contributed by atoms with E-state index in [9.17, 15) is 4.79 Å². The number of benzene rings is 1. The number of nitrogens with one attached hydrogen (secondary N) is 2. The topological polar surface area (TPSA) is 54.0 Å². The Hall–Kier alpha value is -1.65. The molecule has 4 nitrogen and oxygen atoms in total. The SMILES string of the molecule is Cl.O=C(NCc1cccc2cccnc12)C1CNC1. The highest BCUT2D eigenvalue weighted by atomic mass is 35.5. The molecule has 1 amide bonds. The van der Waals surface area contributed by atoms with Crippen molar-refractivity contribution in [1.29, 1.82) is 0 Å². The molecule has 1 aromatic carbocycles. The van der Waals surface area contributed by atoms with E-state index in [4.69, 9.17) is 0 Å². The lowest BCUT2D eigenvalue weighted by Crippen LogP contribution is -2.50. The molecular formula is C14H16ClN3O. The van der Waals surface area contributed by atoms with Crippen molar-refractivity contribution < 1.29 is 4.79 Å². The summed E-state index contributed by atoms with van der Waals surface area (Å²) in [6.07, 6.45) is 1.78. The van der Waals surface area contributed by atoms with Crippen LogP contribution in [0.4, 0.5) is 0 Å². The van der Waals surface area contributed by atoms with Crippen molar-refractivity contribution in [2.45, 2.75) is 6.54 Å². The van der Waals surface area contributed by atoms with Crippen molar-refractivity contribution in [2.75, 3.05) is 13.1 Å². The number of halogens is 1. The minimum atomic E-state index is 0. The van der Waals surface area contributed by atoms with E-state index in [1.165, 1.54) is 0 Å². The largest absolute Gasteiger partial charge is 0.352 e. The van der Waals surface area contributed by atoms with Crippen molar-refractivity contribution in [3.8, 4) is 0 Å². The molecule has 0 aliphatic carbocycles. The molecule has 100 valence electrons. The van der Waals surface area contributed by atoms with E-state index >= 15 is 0 Å². The molecule has 0 spiro atoms. The summed E-state index contributed by atoms with van der Waals surface area (Å²) in [6, 6.07) is 9.99. The van der Waals surface area contributed by atoms with Crippen LogP contribution >= 0.6 is 12.4 Å². The van der Waals surface area contributed by atoms with Gasteiger partial charge in [0.25, 0.3) is 0 Å². The predicted octanol–water partition coefficient (Wildman–Crippen LogP) is 1.49. The van der Waals surface area contributed by atoms with E-state index < -0.39 is 0 Å². The van der Waals surface area contributed by atoms with E-state index in [0.29, 0.717) is 6.54 Å². The molecule has 3 rings (SSSR count). The minimum absolute atomic E-state index is 0. The fourth-order valence-corrected chi connectivity index (χ4v) is 2.11. The van der Waals surface area contributed by atoms with Crippen molar-refractivity contribution in [1.82, 2.24) is 15.6 Å². The average Bonchev–Trinajstić information content (AvgIpc) is 2.34. The van der Waals surface area contributed by atoms with Gasteiger partial charge in [-0.3, -0.25) is 9.78 Å². The summed E-state index contributed by atoms with van der Waals surface area (Å²) in [4.78, 5) is 16.1. The zero-order chi connectivity index (χ0) is 12.4. The van der Waals surface area contributed by atoms with Crippen LogP contribution in [0.3, 0.4) is 0 Å². The smallest absolute Gasteiger partial charge is 0.225 e. The molecule has 0 radical (unpaired) electrons. The maximum absolute atomic E-state index is 11.8. The highest BCUT2D eigenvalue weighted by molar-refractivity contribution is 5.85. The summed E-state index contributed by atoms with van der Waals surface area (Å²) in [5, 5.41) is 7.18. The van der Waals surface area contributed by atoms with Gasteiger partial charge in [0.1, 0.15) is 0 Å². The van der Waals surface area contributed by atoms with Gasteiger partial charge in [0.2, 0.25) is 5.91 Å². The van der Waals surface area contributed by atoms with E-state index in [0.717, 1.165) is 29.6 Å². The average molecular weight is 278 g/mol. The van der Waals surface area contributed by atoms with Crippen LogP contribution in [0.5, 0.6) is 0 Å². The number of carbonyl (C=O) groups excluding carboxylic acids is 1. The number of pyridine rings is 1. The van der Waals surface area contributed by atoms with Crippen LogP contribution in [0, 0.1) is 5.92 Å². The van der Waals surface area contributed by atoms with Gasteiger partial charge in [0, 0.05) is 31.2 Å². The fourth-order valence-electron chi connectivity index (χ4n) is 2.11. The first-order chi connectivity index (χ1) is 8.84. The quantitative estimate of drug-likeness (QED) is 0.894. The molecule has 19 heavy (non-hydrogen) atoms. The molecule has 1 aliphatic heterocycles. The number of hydrogen-bond donors (Lipinski definition) is 2. The van der Waals surface area contributed by atoms with Crippen molar-refractivity contribution >= 4 is 29.2 Å². The Morgan fingerprint density at radius 2 is 2.11 bits per heavy atom. The number of fused-ring (bicyclic) bond motifs is 1. The third kappa shape index (κ3) is 2.85. The summed E-state index contributed by atoms with van der Waals surface area (Å²) in [6.45, 7) is 2.13. The van der Waals surface area contributed by atoms with Gasteiger partial charge >= 0.3 is 0 Å². The van der Waals surface area contributed by atoms with Crippen LogP contribution in [0.15, 0.2) is 36.5 Å². The lowest BCUT2D eigenvalue weighted by molar-refractivity contribution is -0.126. The molecule has 2 N–H and O–H groups in total. The Morgan fingerprint density at radius 3 is 2.84 bits per heavy atom. The maximum Gasteiger partial charge on any atom is 0.225 e. The molecule has 1 saturated heterocycles. The zero-order valence-electron chi connectivity index (χ0n) is 10.4. The molecule has 1 fully saturated rings. The molecule has 0 bridgehead atoms. The van der Waals surface area contributed by atoms with Gasteiger partial charge in [-0.15, -0.1) is 12.4 Å². The first-order valence-corrected chi connectivity index (χ1v) is 6.15. The number of carbonyl (C=O) groups is 1.